The van der Waals surface area contributed by atoms with Crippen LogP contribution < -0.4 is 18.9 Å². The van der Waals surface area contributed by atoms with E-state index in [0.717, 1.165) is 6.07 Å². The summed E-state index contributed by atoms with van der Waals surface area (Å²) < 4.78 is 35.0. The molecule has 0 radical (unpaired) electrons. The summed E-state index contributed by atoms with van der Waals surface area (Å²) in [4.78, 5) is 25.2. The molecule has 0 fully saturated rings. The molecule has 4 rings (SSSR count). The summed E-state index contributed by atoms with van der Waals surface area (Å²) in [7, 11) is 3.07. The molecule has 7 heteroatoms. The van der Waals surface area contributed by atoms with Gasteiger partial charge in [0.25, 0.3) is 0 Å². The largest absolute Gasteiger partial charge is 0.493 e. The molecule has 0 N–H and O–H groups in total. The van der Waals surface area contributed by atoms with E-state index in [4.69, 9.17) is 18.9 Å². The van der Waals surface area contributed by atoms with E-state index in [1.54, 1.807) is 37.3 Å². The van der Waals surface area contributed by atoms with Gasteiger partial charge in [-0.3, -0.25) is 4.79 Å². The van der Waals surface area contributed by atoms with Gasteiger partial charge in [0.2, 0.25) is 5.78 Å². The Labute approximate surface area is 183 Å². The van der Waals surface area contributed by atoms with Crippen LogP contribution in [0.1, 0.15) is 31.8 Å². The highest BCUT2D eigenvalue weighted by molar-refractivity contribution is 6.15. The monoisotopic (exact) mass is 434 g/mol. The molecule has 0 saturated carbocycles. The molecule has 0 bridgehead atoms. The van der Waals surface area contributed by atoms with Crippen LogP contribution in [0, 0.1) is 12.7 Å². The second kappa shape index (κ2) is 8.55. The maximum atomic E-state index is 13.4. The number of halogens is 1. The van der Waals surface area contributed by atoms with Crippen molar-refractivity contribution in [1.29, 1.82) is 0 Å². The molecule has 1 heterocycles. The molecule has 3 aromatic rings. The highest BCUT2D eigenvalue weighted by Gasteiger charge is 2.30. The number of fused-ring (bicyclic) bond motifs is 1. The first-order valence-corrected chi connectivity index (χ1v) is 9.68. The molecular formula is C25H19FO6. The number of hydrogen-bond acceptors (Lipinski definition) is 6. The second-order valence-corrected chi connectivity index (χ2v) is 7.07. The van der Waals surface area contributed by atoms with E-state index in [-0.39, 0.29) is 28.6 Å². The third kappa shape index (κ3) is 4.05. The minimum atomic E-state index is -0.714. The molecular weight excluding hydrogens is 415 g/mol. The van der Waals surface area contributed by atoms with E-state index in [9.17, 15) is 14.0 Å². The molecule has 1 aliphatic rings. The molecule has 0 saturated heterocycles. The van der Waals surface area contributed by atoms with E-state index in [0.29, 0.717) is 28.2 Å². The highest BCUT2D eigenvalue weighted by atomic mass is 19.1. The van der Waals surface area contributed by atoms with Crippen molar-refractivity contribution in [1.82, 2.24) is 0 Å². The van der Waals surface area contributed by atoms with Crippen molar-refractivity contribution in [3.63, 3.8) is 0 Å². The number of methoxy groups -OCH3 is 2. The first-order chi connectivity index (χ1) is 15.4. The van der Waals surface area contributed by atoms with Gasteiger partial charge in [-0.15, -0.1) is 0 Å². The quantitative estimate of drug-likeness (QED) is 0.320. The molecule has 0 aliphatic carbocycles. The Morgan fingerprint density at radius 2 is 1.78 bits per heavy atom. The van der Waals surface area contributed by atoms with Crippen molar-refractivity contribution in [3.05, 3.63) is 88.4 Å². The predicted octanol–water partition coefficient (Wildman–Crippen LogP) is 4.99. The van der Waals surface area contributed by atoms with Crippen LogP contribution in [0.4, 0.5) is 4.39 Å². The molecule has 0 amide bonds. The standard InChI is InChI=1S/C25H19FO6/c1-14-9-18(31-25(28)16-5-4-6-17(26)12-16)13-21-23(14)24(27)22(32-21)11-15-7-8-19(29-2)20(10-15)30-3/h4-13H,1-3H3/b22-11-. The van der Waals surface area contributed by atoms with Crippen LogP contribution in [0.15, 0.2) is 60.4 Å². The summed E-state index contributed by atoms with van der Waals surface area (Å²) in [5.41, 5.74) is 1.75. The fourth-order valence-electron chi connectivity index (χ4n) is 3.41. The van der Waals surface area contributed by atoms with Gasteiger partial charge < -0.3 is 18.9 Å². The number of Topliss-reactive ketones (excluding diaryl/α,β-unsaturated/α-hetero) is 1. The van der Waals surface area contributed by atoms with Crippen LogP contribution in [0.2, 0.25) is 0 Å². The van der Waals surface area contributed by atoms with E-state index >= 15 is 0 Å². The summed E-state index contributed by atoms with van der Waals surface area (Å²) in [6.45, 7) is 1.72. The van der Waals surface area contributed by atoms with Gasteiger partial charge in [0, 0.05) is 6.07 Å². The van der Waals surface area contributed by atoms with Gasteiger partial charge in [-0.1, -0.05) is 12.1 Å². The molecule has 0 unspecified atom stereocenters. The molecule has 6 nitrogen and oxygen atoms in total. The zero-order valence-electron chi connectivity index (χ0n) is 17.6. The Hall–Kier alpha value is -4.13. The minimum absolute atomic E-state index is 0.0779. The summed E-state index contributed by atoms with van der Waals surface area (Å²) >= 11 is 0. The number of carbonyl (C=O) groups excluding carboxylic acids is 2. The van der Waals surface area contributed by atoms with Gasteiger partial charge in [-0.05, 0) is 60.5 Å². The molecule has 162 valence electrons. The maximum absolute atomic E-state index is 13.4. The van der Waals surface area contributed by atoms with E-state index in [2.05, 4.69) is 0 Å². The van der Waals surface area contributed by atoms with Crippen molar-refractivity contribution in [3.8, 4) is 23.0 Å². The maximum Gasteiger partial charge on any atom is 0.343 e. The molecule has 0 spiro atoms. The molecule has 1 aliphatic heterocycles. The summed E-state index contributed by atoms with van der Waals surface area (Å²) in [5, 5.41) is 0. The zero-order chi connectivity index (χ0) is 22.8. The lowest BCUT2D eigenvalue weighted by molar-refractivity contribution is 0.0734. The topological polar surface area (TPSA) is 71.1 Å². The Balaban J connectivity index is 1.60. The van der Waals surface area contributed by atoms with Crippen LogP contribution in [0.25, 0.3) is 6.08 Å². The average molecular weight is 434 g/mol. The lowest BCUT2D eigenvalue weighted by Gasteiger charge is -2.08. The van der Waals surface area contributed by atoms with Gasteiger partial charge in [0.15, 0.2) is 17.3 Å². The molecule has 32 heavy (non-hydrogen) atoms. The molecule has 3 aromatic carbocycles. The van der Waals surface area contributed by atoms with Crippen molar-refractivity contribution in [2.75, 3.05) is 14.2 Å². The number of ketones is 1. The Bertz CT molecular complexity index is 1260. The summed E-state index contributed by atoms with van der Waals surface area (Å²) in [6, 6.07) is 13.5. The van der Waals surface area contributed by atoms with E-state index in [1.807, 2.05) is 0 Å². The van der Waals surface area contributed by atoms with Crippen LogP contribution in [0.5, 0.6) is 23.0 Å². The van der Waals surface area contributed by atoms with Crippen molar-refractivity contribution >= 4 is 17.8 Å². The van der Waals surface area contributed by atoms with Gasteiger partial charge in [0.05, 0.1) is 25.3 Å². The Morgan fingerprint density at radius 1 is 1.00 bits per heavy atom. The second-order valence-electron chi connectivity index (χ2n) is 7.07. The smallest absolute Gasteiger partial charge is 0.343 e. The average Bonchev–Trinajstić information content (AvgIpc) is 3.08. The number of ether oxygens (including phenoxy) is 4. The van der Waals surface area contributed by atoms with Crippen LogP contribution in [-0.4, -0.2) is 26.0 Å². The zero-order valence-corrected chi connectivity index (χ0v) is 17.6. The lowest BCUT2D eigenvalue weighted by Crippen LogP contribution is -2.09. The first kappa shape index (κ1) is 21.1. The van der Waals surface area contributed by atoms with Crippen LogP contribution in [-0.2, 0) is 0 Å². The number of hydrogen-bond donors (Lipinski definition) is 0. The number of rotatable bonds is 5. The Kier molecular flexibility index (Phi) is 5.64. The van der Waals surface area contributed by atoms with Gasteiger partial charge in [0.1, 0.15) is 17.3 Å². The number of benzene rings is 3. The Morgan fingerprint density at radius 3 is 2.50 bits per heavy atom. The number of carbonyl (C=O) groups is 2. The summed E-state index contributed by atoms with van der Waals surface area (Å²) in [5.74, 6) is 0.154. The SMILES string of the molecule is COc1ccc(/C=C2\Oc3cc(OC(=O)c4cccc(F)c4)cc(C)c3C2=O)cc1OC. The summed E-state index contributed by atoms with van der Waals surface area (Å²) in [6.07, 6.45) is 1.60. The molecule has 0 aromatic heterocycles. The predicted molar refractivity (Wildman–Crippen MR) is 115 cm³/mol. The van der Waals surface area contributed by atoms with E-state index < -0.39 is 11.8 Å². The van der Waals surface area contributed by atoms with Gasteiger partial charge in [-0.2, -0.15) is 0 Å². The third-order valence-electron chi connectivity index (χ3n) is 4.92. The van der Waals surface area contributed by atoms with Crippen molar-refractivity contribution in [2.24, 2.45) is 0 Å². The number of allylic oxidation sites excluding steroid dienone is 1. The number of aryl methyl sites for hydroxylation is 1. The first-order valence-electron chi connectivity index (χ1n) is 9.68. The highest BCUT2D eigenvalue weighted by Crippen LogP contribution is 2.38. The molecule has 0 atom stereocenters. The van der Waals surface area contributed by atoms with Crippen LogP contribution in [0.3, 0.4) is 0 Å². The fourth-order valence-corrected chi connectivity index (χ4v) is 3.41. The van der Waals surface area contributed by atoms with Crippen molar-refractivity contribution in [2.45, 2.75) is 6.92 Å². The number of esters is 1. The van der Waals surface area contributed by atoms with Crippen molar-refractivity contribution < 1.29 is 32.9 Å². The van der Waals surface area contributed by atoms with E-state index in [1.165, 1.54) is 38.5 Å². The fraction of sp³-hybridized carbons (Fsp3) is 0.120. The minimum Gasteiger partial charge on any atom is -0.493 e. The van der Waals surface area contributed by atoms with Crippen LogP contribution >= 0.6 is 0 Å². The lowest BCUT2D eigenvalue weighted by atomic mass is 10.0. The third-order valence-corrected chi connectivity index (χ3v) is 4.92. The normalized spacial score (nSPS) is 13.5. The van der Waals surface area contributed by atoms with Gasteiger partial charge >= 0.3 is 5.97 Å². The van der Waals surface area contributed by atoms with Gasteiger partial charge in [-0.25, -0.2) is 9.18 Å².